The Morgan fingerprint density at radius 3 is 2.45 bits per heavy atom. The fourth-order valence-corrected chi connectivity index (χ4v) is 2.34. The van der Waals surface area contributed by atoms with Gasteiger partial charge in [-0.3, -0.25) is 0 Å². The van der Waals surface area contributed by atoms with E-state index in [0.29, 0.717) is 5.92 Å². The Balaban J connectivity index is 2.01. The quantitative estimate of drug-likeness (QED) is 0.807. The highest BCUT2D eigenvalue weighted by atomic mass is 19.1. The van der Waals surface area contributed by atoms with Gasteiger partial charge in [0.2, 0.25) is 0 Å². The van der Waals surface area contributed by atoms with Crippen LogP contribution in [0.25, 0.3) is 0 Å². The van der Waals surface area contributed by atoms with Crippen LogP contribution >= 0.6 is 0 Å². The van der Waals surface area contributed by atoms with Crippen molar-refractivity contribution in [1.82, 2.24) is 0 Å². The molecule has 0 fully saturated rings. The first-order chi connectivity index (χ1) is 9.54. The molecule has 0 radical (unpaired) electrons. The zero-order chi connectivity index (χ0) is 14.5. The Bertz CT molecular complexity index is 563. The Morgan fingerprint density at radius 1 is 1.00 bits per heavy atom. The van der Waals surface area contributed by atoms with Gasteiger partial charge in [0.25, 0.3) is 0 Å². The lowest BCUT2D eigenvalue weighted by molar-refractivity contribution is 0.624. The summed E-state index contributed by atoms with van der Waals surface area (Å²) in [5.41, 5.74) is 3.47. The van der Waals surface area contributed by atoms with Crippen LogP contribution in [-0.4, -0.2) is 6.04 Å². The average Bonchev–Trinajstić information content (AvgIpc) is 2.38. The Labute approximate surface area is 120 Å². The topological polar surface area (TPSA) is 12.0 Å². The van der Waals surface area contributed by atoms with Crippen molar-refractivity contribution in [3.05, 3.63) is 65.5 Å². The zero-order valence-corrected chi connectivity index (χ0v) is 12.4. The van der Waals surface area contributed by atoms with E-state index < -0.39 is 0 Å². The van der Waals surface area contributed by atoms with Crippen molar-refractivity contribution < 1.29 is 4.39 Å². The number of benzene rings is 2. The van der Waals surface area contributed by atoms with E-state index >= 15 is 0 Å². The van der Waals surface area contributed by atoms with Gasteiger partial charge in [-0.25, -0.2) is 4.39 Å². The summed E-state index contributed by atoms with van der Waals surface area (Å²) in [6.07, 6.45) is 0.809. The number of anilines is 1. The monoisotopic (exact) mass is 271 g/mol. The summed E-state index contributed by atoms with van der Waals surface area (Å²) < 4.78 is 13.2. The predicted octanol–water partition coefficient (Wildman–Crippen LogP) is 4.99. The first-order valence-corrected chi connectivity index (χ1v) is 7.15. The molecule has 0 bridgehead atoms. The molecule has 1 nitrogen and oxygen atoms in total. The second-order valence-electron chi connectivity index (χ2n) is 5.66. The van der Waals surface area contributed by atoms with Crippen molar-refractivity contribution >= 4 is 5.69 Å². The molecule has 20 heavy (non-hydrogen) atoms. The van der Waals surface area contributed by atoms with Crippen LogP contribution in [0, 0.1) is 5.82 Å². The van der Waals surface area contributed by atoms with E-state index in [2.05, 4.69) is 50.4 Å². The average molecular weight is 271 g/mol. The molecule has 0 spiro atoms. The summed E-state index contributed by atoms with van der Waals surface area (Å²) in [5.74, 6) is 0.354. The molecule has 2 aromatic rings. The van der Waals surface area contributed by atoms with Gasteiger partial charge < -0.3 is 5.32 Å². The molecular weight excluding hydrogens is 249 g/mol. The van der Waals surface area contributed by atoms with Gasteiger partial charge >= 0.3 is 0 Å². The van der Waals surface area contributed by atoms with Crippen molar-refractivity contribution in [3.63, 3.8) is 0 Å². The molecule has 1 atom stereocenters. The van der Waals surface area contributed by atoms with Gasteiger partial charge in [0, 0.05) is 11.7 Å². The molecule has 0 amide bonds. The summed E-state index contributed by atoms with van der Waals surface area (Å²) in [7, 11) is 0. The summed E-state index contributed by atoms with van der Waals surface area (Å²) in [5, 5.41) is 3.48. The van der Waals surface area contributed by atoms with E-state index in [9.17, 15) is 4.39 Å². The molecule has 0 aliphatic rings. The molecular formula is C18H22FN. The largest absolute Gasteiger partial charge is 0.382 e. The number of rotatable bonds is 5. The van der Waals surface area contributed by atoms with E-state index in [1.54, 1.807) is 12.1 Å². The third kappa shape index (κ3) is 4.09. The second kappa shape index (κ2) is 6.56. The highest BCUT2D eigenvalue weighted by Gasteiger charge is 2.06. The third-order valence-electron chi connectivity index (χ3n) is 3.40. The standard InChI is InChI=1S/C18H22FN/c1-13(2)16-7-5-9-18(12-16)20-14(3)10-15-6-4-8-17(19)11-15/h4-9,11-14,20H,10H2,1-3H3. The Kier molecular flexibility index (Phi) is 4.78. The van der Waals surface area contributed by atoms with Crippen LogP contribution in [0.15, 0.2) is 48.5 Å². The highest BCUT2D eigenvalue weighted by molar-refractivity contribution is 5.47. The third-order valence-corrected chi connectivity index (χ3v) is 3.40. The van der Waals surface area contributed by atoms with Gasteiger partial charge in [0.05, 0.1) is 0 Å². The first kappa shape index (κ1) is 14.6. The van der Waals surface area contributed by atoms with Gasteiger partial charge in [0.15, 0.2) is 0 Å². The van der Waals surface area contributed by atoms with Gasteiger partial charge in [-0.05, 0) is 54.7 Å². The van der Waals surface area contributed by atoms with Crippen LogP contribution in [-0.2, 0) is 6.42 Å². The SMILES string of the molecule is CC(Cc1cccc(F)c1)Nc1cccc(C(C)C)c1. The zero-order valence-electron chi connectivity index (χ0n) is 12.4. The van der Waals surface area contributed by atoms with Crippen LogP contribution in [0.1, 0.15) is 37.8 Å². The van der Waals surface area contributed by atoms with E-state index in [4.69, 9.17) is 0 Å². The molecule has 0 saturated carbocycles. The van der Waals surface area contributed by atoms with Crippen LogP contribution in [0.3, 0.4) is 0 Å². The van der Waals surface area contributed by atoms with E-state index in [1.165, 1.54) is 11.6 Å². The molecule has 0 saturated heterocycles. The molecule has 0 aliphatic carbocycles. The molecule has 1 unspecified atom stereocenters. The molecule has 2 rings (SSSR count). The minimum atomic E-state index is -0.170. The lowest BCUT2D eigenvalue weighted by Gasteiger charge is -2.17. The molecule has 0 aromatic heterocycles. The molecule has 106 valence electrons. The maximum Gasteiger partial charge on any atom is 0.123 e. The maximum absolute atomic E-state index is 13.2. The molecule has 0 aliphatic heterocycles. The Morgan fingerprint density at radius 2 is 1.75 bits per heavy atom. The number of halogens is 1. The van der Waals surface area contributed by atoms with Crippen molar-refractivity contribution in [2.45, 2.75) is 39.2 Å². The fraction of sp³-hybridized carbons (Fsp3) is 0.333. The Hall–Kier alpha value is -1.83. The van der Waals surface area contributed by atoms with Crippen LogP contribution in [0.5, 0.6) is 0 Å². The van der Waals surface area contributed by atoms with Crippen molar-refractivity contribution in [2.75, 3.05) is 5.32 Å². The van der Waals surface area contributed by atoms with Gasteiger partial charge in [0.1, 0.15) is 5.82 Å². The van der Waals surface area contributed by atoms with Crippen LogP contribution in [0.4, 0.5) is 10.1 Å². The molecule has 2 aromatic carbocycles. The lowest BCUT2D eigenvalue weighted by Crippen LogP contribution is -2.18. The van der Waals surface area contributed by atoms with Gasteiger partial charge in [-0.15, -0.1) is 0 Å². The van der Waals surface area contributed by atoms with Crippen molar-refractivity contribution in [1.29, 1.82) is 0 Å². The first-order valence-electron chi connectivity index (χ1n) is 7.15. The van der Waals surface area contributed by atoms with Crippen LogP contribution in [0.2, 0.25) is 0 Å². The lowest BCUT2D eigenvalue weighted by atomic mass is 10.0. The normalized spacial score (nSPS) is 12.4. The minimum Gasteiger partial charge on any atom is -0.382 e. The van der Waals surface area contributed by atoms with Gasteiger partial charge in [-0.2, -0.15) is 0 Å². The van der Waals surface area contributed by atoms with Crippen molar-refractivity contribution in [3.8, 4) is 0 Å². The predicted molar refractivity (Wildman–Crippen MR) is 83.7 cm³/mol. The summed E-state index contributed by atoms with van der Waals surface area (Å²) >= 11 is 0. The second-order valence-corrected chi connectivity index (χ2v) is 5.66. The number of nitrogens with one attached hydrogen (secondary N) is 1. The number of hydrogen-bond donors (Lipinski definition) is 1. The summed E-state index contributed by atoms with van der Waals surface area (Å²) in [6, 6.07) is 15.6. The van der Waals surface area contributed by atoms with Gasteiger partial charge in [-0.1, -0.05) is 38.1 Å². The van der Waals surface area contributed by atoms with E-state index in [-0.39, 0.29) is 11.9 Å². The van der Waals surface area contributed by atoms with E-state index in [1.807, 2.05) is 6.07 Å². The summed E-state index contributed by atoms with van der Waals surface area (Å²) in [6.45, 7) is 6.50. The molecule has 1 N–H and O–H groups in total. The van der Waals surface area contributed by atoms with Crippen LogP contribution < -0.4 is 5.32 Å². The molecule has 0 heterocycles. The fourth-order valence-electron chi connectivity index (χ4n) is 2.34. The molecule has 2 heteroatoms. The highest BCUT2D eigenvalue weighted by Crippen LogP contribution is 2.19. The smallest absolute Gasteiger partial charge is 0.123 e. The van der Waals surface area contributed by atoms with Crippen molar-refractivity contribution in [2.24, 2.45) is 0 Å². The number of hydrogen-bond acceptors (Lipinski definition) is 1. The summed E-state index contributed by atoms with van der Waals surface area (Å²) in [4.78, 5) is 0. The minimum absolute atomic E-state index is 0.170. The van der Waals surface area contributed by atoms with E-state index in [0.717, 1.165) is 17.7 Å². The maximum atomic E-state index is 13.2.